The van der Waals surface area contributed by atoms with Crippen molar-refractivity contribution in [3.63, 3.8) is 0 Å². The molecule has 0 aliphatic carbocycles. The van der Waals surface area contributed by atoms with Crippen LogP contribution in [0.15, 0.2) is 53.4 Å². The van der Waals surface area contributed by atoms with Gasteiger partial charge in [-0.25, -0.2) is 9.78 Å². The van der Waals surface area contributed by atoms with Gasteiger partial charge in [-0.2, -0.15) is 0 Å². The first-order valence-corrected chi connectivity index (χ1v) is 11.9. The molecule has 0 aliphatic rings. The van der Waals surface area contributed by atoms with Crippen molar-refractivity contribution in [2.24, 2.45) is 0 Å². The summed E-state index contributed by atoms with van der Waals surface area (Å²) in [7, 11) is 1.64. The second kappa shape index (κ2) is 11.4. The first kappa shape index (κ1) is 27.3. The molecule has 1 N–H and O–H groups in total. The molecular weight excluding hydrogens is 426 g/mol. The van der Waals surface area contributed by atoms with Gasteiger partial charge in [-0.15, -0.1) is 0 Å². The van der Waals surface area contributed by atoms with Crippen LogP contribution in [-0.2, 0) is 4.74 Å². The van der Waals surface area contributed by atoms with Gasteiger partial charge in [0.25, 0.3) is 0 Å². The number of nitrogens with zero attached hydrogens (tertiary/aromatic N) is 3. The molecule has 2 aromatic heterocycles. The van der Waals surface area contributed by atoms with Crippen molar-refractivity contribution >= 4 is 28.3 Å². The number of anilines is 1. The van der Waals surface area contributed by atoms with E-state index in [4.69, 9.17) is 9.72 Å². The number of hydrogen-bond acceptors (Lipinski definition) is 5. The van der Waals surface area contributed by atoms with Crippen molar-refractivity contribution in [2.45, 2.75) is 79.9 Å². The van der Waals surface area contributed by atoms with Crippen LogP contribution in [0.25, 0.3) is 16.3 Å². The van der Waals surface area contributed by atoms with Crippen LogP contribution in [0.2, 0.25) is 0 Å². The number of fused-ring (bicyclic) bond motifs is 1. The highest BCUT2D eigenvalue weighted by atomic mass is 16.6. The molecule has 1 atom stereocenters. The fraction of sp³-hybridized carbons (Fsp3) is 0.464. The van der Waals surface area contributed by atoms with Gasteiger partial charge in [-0.1, -0.05) is 31.6 Å². The Balaban J connectivity index is 2.40. The van der Waals surface area contributed by atoms with Crippen LogP contribution < -0.4 is 4.90 Å². The molecule has 0 spiro atoms. The van der Waals surface area contributed by atoms with E-state index >= 15 is 0 Å². The summed E-state index contributed by atoms with van der Waals surface area (Å²) >= 11 is 0. The van der Waals surface area contributed by atoms with Crippen LogP contribution in [-0.4, -0.2) is 39.9 Å². The second-order valence-corrected chi connectivity index (χ2v) is 9.54. The van der Waals surface area contributed by atoms with Crippen LogP contribution in [0, 0.1) is 0 Å². The average Bonchev–Trinajstić information content (AvgIpc) is 2.79. The SMILES string of the molecule is C\C=C(/C(C)=C\C(=C(/C)CC)C(O)CC)c1cc2cnc(N(C)C(=O)OC(C)(C)C)cc2cn1. The van der Waals surface area contributed by atoms with Crippen LogP contribution in [0.4, 0.5) is 10.6 Å². The molecule has 1 unspecified atom stereocenters. The number of amides is 1. The van der Waals surface area contributed by atoms with Crippen molar-refractivity contribution in [3.8, 4) is 0 Å². The minimum Gasteiger partial charge on any atom is -0.443 e. The minimum atomic E-state index is -0.579. The maximum atomic E-state index is 12.4. The topological polar surface area (TPSA) is 75.6 Å². The number of rotatable bonds is 7. The zero-order valence-corrected chi connectivity index (χ0v) is 22.1. The zero-order valence-electron chi connectivity index (χ0n) is 22.1. The van der Waals surface area contributed by atoms with E-state index in [9.17, 15) is 9.90 Å². The van der Waals surface area contributed by atoms with Gasteiger partial charge in [0.1, 0.15) is 11.4 Å². The molecular formula is C28H39N3O3. The number of aliphatic hydroxyl groups is 1. The first-order valence-electron chi connectivity index (χ1n) is 11.9. The van der Waals surface area contributed by atoms with E-state index in [-0.39, 0.29) is 0 Å². The van der Waals surface area contributed by atoms with Crippen molar-refractivity contribution in [2.75, 3.05) is 11.9 Å². The molecule has 34 heavy (non-hydrogen) atoms. The van der Waals surface area contributed by atoms with Gasteiger partial charge in [0.05, 0.1) is 11.8 Å². The van der Waals surface area contributed by atoms with Gasteiger partial charge >= 0.3 is 6.09 Å². The average molecular weight is 466 g/mol. The third-order valence-corrected chi connectivity index (χ3v) is 5.73. The predicted molar refractivity (Wildman–Crippen MR) is 141 cm³/mol. The molecule has 2 rings (SSSR count). The lowest BCUT2D eigenvalue weighted by Gasteiger charge is -2.24. The van der Waals surface area contributed by atoms with Crippen LogP contribution in [0.3, 0.4) is 0 Å². The van der Waals surface area contributed by atoms with Crippen LogP contribution in [0.5, 0.6) is 0 Å². The van der Waals surface area contributed by atoms with E-state index in [0.717, 1.165) is 39.6 Å². The maximum Gasteiger partial charge on any atom is 0.415 e. The van der Waals surface area contributed by atoms with Gasteiger partial charge < -0.3 is 9.84 Å². The molecule has 6 nitrogen and oxygen atoms in total. The third kappa shape index (κ3) is 6.76. The number of carbonyl (C=O) groups excluding carboxylic acids is 1. The highest BCUT2D eigenvalue weighted by molar-refractivity contribution is 5.92. The first-order chi connectivity index (χ1) is 15.9. The smallest absolute Gasteiger partial charge is 0.415 e. The Kier molecular flexibility index (Phi) is 9.16. The molecule has 6 heteroatoms. The lowest BCUT2D eigenvalue weighted by atomic mass is 9.94. The normalized spacial score (nSPS) is 14.6. The van der Waals surface area contributed by atoms with E-state index in [1.54, 1.807) is 19.4 Å². The van der Waals surface area contributed by atoms with E-state index in [0.29, 0.717) is 12.2 Å². The van der Waals surface area contributed by atoms with Crippen molar-refractivity contribution in [3.05, 3.63) is 59.1 Å². The monoisotopic (exact) mass is 465 g/mol. The summed E-state index contributed by atoms with van der Waals surface area (Å²) in [6, 6.07) is 3.83. The number of allylic oxidation sites excluding steroid dienone is 4. The molecule has 2 heterocycles. The Labute approximate surface area is 204 Å². The van der Waals surface area contributed by atoms with Gasteiger partial charge in [0, 0.05) is 30.2 Å². The Morgan fingerprint density at radius 2 is 1.76 bits per heavy atom. The number of hydrogen-bond donors (Lipinski definition) is 1. The standard InChI is InChI=1S/C28H39N3O3/c1-10-18(4)23(25(32)12-3)13-19(5)22(11-2)24-14-20-17-30-26(15-21(20)16-29-24)31(9)27(33)34-28(6,7)8/h11,13-17,25,32H,10,12H2,1-9H3/b19-13-,22-11+,23-18-. The Bertz CT molecular complexity index is 1120. The molecule has 0 fully saturated rings. The second-order valence-electron chi connectivity index (χ2n) is 9.54. The molecule has 184 valence electrons. The number of ether oxygens (including phenoxy) is 1. The molecule has 0 aromatic carbocycles. The summed E-state index contributed by atoms with van der Waals surface area (Å²) in [6.45, 7) is 15.7. The molecule has 0 radical (unpaired) electrons. The fourth-order valence-corrected chi connectivity index (χ4v) is 3.60. The number of pyridine rings is 2. The minimum absolute atomic E-state index is 0.457. The molecule has 2 aromatic rings. The maximum absolute atomic E-state index is 12.4. The van der Waals surface area contributed by atoms with Gasteiger partial charge in [0.15, 0.2) is 0 Å². The number of aromatic nitrogens is 2. The molecule has 1 amide bonds. The lowest BCUT2D eigenvalue weighted by Crippen LogP contribution is -2.34. The van der Waals surface area contributed by atoms with Gasteiger partial charge in [-0.05, 0) is 83.2 Å². The molecule has 0 aliphatic heterocycles. The third-order valence-electron chi connectivity index (χ3n) is 5.73. The molecule has 0 saturated heterocycles. The summed E-state index contributed by atoms with van der Waals surface area (Å²) < 4.78 is 5.43. The Morgan fingerprint density at radius 3 is 2.32 bits per heavy atom. The van der Waals surface area contributed by atoms with E-state index in [1.165, 1.54) is 10.5 Å². The summed E-state index contributed by atoms with van der Waals surface area (Å²) in [4.78, 5) is 22.9. The number of carbonyl (C=O) groups is 1. The quantitative estimate of drug-likeness (QED) is 0.453. The predicted octanol–water partition coefficient (Wildman–Crippen LogP) is 6.85. The van der Waals surface area contributed by atoms with Crippen LogP contribution in [0.1, 0.15) is 73.9 Å². The Morgan fingerprint density at radius 1 is 1.15 bits per heavy atom. The largest absolute Gasteiger partial charge is 0.443 e. The summed E-state index contributed by atoms with van der Waals surface area (Å²) in [6.07, 6.45) is 8.27. The van der Waals surface area contributed by atoms with E-state index < -0.39 is 17.8 Å². The lowest BCUT2D eigenvalue weighted by molar-refractivity contribution is 0.0588. The fourth-order valence-electron chi connectivity index (χ4n) is 3.60. The van der Waals surface area contributed by atoms with Crippen molar-refractivity contribution in [1.29, 1.82) is 0 Å². The highest BCUT2D eigenvalue weighted by Gasteiger charge is 2.21. The van der Waals surface area contributed by atoms with Crippen LogP contribution >= 0.6 is 0 Å². The number of aliphatic hydroxyl groups excluding tert-OH is 1. The van der Waals surface area contributed by atoms with E-state index in [2.05, 4.69) is 24.9 Å². The zero-order chi connectivity index (χ0) is 25.6. The van der Waals surface area contributed by atoms with Crippen molar-refractivity contribution < 1.29 is 14.6 Å². The van der Waals surface area contributed by atoms with Crippen molar-refractivity contribution in [1.82, 2.24) is 9.97 Å². The summed E-state index contributed by atoms with van der Waals surface area (Å²) in [5.41, 5.74) is 4.45. The molecule has 0 saturated carbocycles. The summed E-state index contributed by atoms with van der Waals surface area (Å²) in [5, 5.41) is 12.3. The summed E-state index contributed by atoms with van der Waals surface area (Å²) in [5.74, 6) is 0.497. The highest BCUT2D eigenvalue weighted by Crippen LogP contribution is 2.28. The van der Waals surface area contributed by atoms with E-state index in [1.807, 2.05) is 59.8 Å². The van der Waals surface area contributed by atoms with Gasteiger partial charge in [-0.3, -0.25) is 9.88 Å². The Hall–Kier alpha value is -2.99. The molecule has 0 bridgehead atoms. The van der Waals surface area contributed by atoms with Gasteiger partial charge in [0.2, 0.25) is 0 Å².